The van der Waals surface area contributed by atoms with Crippen molar-refractivity contribution in [3.05, 3.63) is 30.3 Å². The van der Waals surface area contributed by atoms with Gasteiger partial charge in [0.15, 0.2) is 11.5 Å². The average Bonchev–Trinajstić information content (AvgIpc) is 3.18. The number of alkyl halides is 2. The molecule has 1 heterocycles. The Morgan fingerprint density at radius 2 is 1.62 bits per heavy atom. The first-order valence-corrected chi connectivity index (χ1v) is 13.2. The standard InChI is InChI=1S/C21H27Cl2NO6S2/c1-21(2,3)24(20(25)26)32(27,28)19-9-8-18(31-19)15-6-7-16(29-12-4-10-22)17(14-15)30-13-5-11-23/h6-9,14H,4-5,10-13H2,1-3H3,(H,25,26). The molecule has 0 radical (unpaired) electrons. The molecule has 0 aliphatic carbocycles. The molecule has 0 spiro atoms. The zero-order chi connectivity index (χ0) is 23.9. The minimum atomic E-state index is -4.23. The van der Waals surface area contributed by atoms with Gasteiger partial charge in [-0.25, -0.2) is 4.79 Å². The van der Waals surface area contributed by atoms with Crippen LogP contribution >= 0.6 is 34.5 Å². The Balaban J connectivity index is 2.38. The Hall–Kier alpha value is -1.68. The van der Waals surface area contributed by atoms with E-state index < -0.39 is 21.7 Å². The molecule has 0 unspecified atom stereocenters. The first kappa shape index (κ1) is 26.6. The van der Waals surface area contributed by atoms with Crippen molar-refractivity contribution in [2.75, 3.05) is 25.0 Å². The van der Waals surface area contributed by atoms with Gasteiger partial charge in [0.05, 0.1) is 18.8 Å². The van der Waals surface area contributed by atoms with Crippen LogP contribution in [0.2, 0.25) is 0 Å². The molecule has 2 aromatic rings. The smallest absolute Gasteiger partial charge is 0.421 e. The van der Waals surface area contributed by atoms with Gasteiger partial charge in [0.1, 0.15) is 4.21 Å². The third kappa shape index (κ3) is 6.66. The van der Waals surface area contributed by atoms with E-state index in [0.29, 0.717) is 58.5 Å². The summed E-state index contributed by atoms with van der Waals surface area (Å²) < 4.78 is 38.0. The molecule has 0 saturated heterocycles. The molecule has 2 rings (SSSR count). The molecule has 178 valence electrons. The molecule has 0 saturated carbocycles. The highest BCUT2D eigenvalue weighted by Gasteiger charge is 2.39. The predicted octanol–water partition coefficient (Wildman–Crippen LogP) is 5.90. The summed E-state index contributed by atoms with van der Waals surface area (Å²) in [6.45, 7) is 5.43. The van der Waals surface area contributed by atoms with Gasteiger partial charge in [0, 0.05) is 16.6 Å². The lowest BCUT2D eigenvalue weighted by Gasteiger charge is -2.31. The molecule has 0 aliphatic rings. The van der Waals surface area contributed by atoms with Crippen molar-refractivity contribution >= 4 is 50.7 Å². The number of nitrogens with zero attached hydrogens (tertiary/aromatic N) is 1. The van der Waals surface area contributed by atoms with Gasteiger partial charge in [-0.15, -0.1) is 34.5 Å². The van der Waals surface area contributed by atoms with Crippen LogP contribution in [-0.4, -0.2) is 54.4 Å². The molecule has 1 aromatic heterocycles. The van der Waals surface area contributed by atoms with E-state index >= 15 is 0 Å². The molecule has 11 heteroatoms. The summed E-state index contributed by atoms with van der Waals surface area (Å²) in [6.07, 6.45) is -0.183. The molecule has 32 heavy (non-hydrogen) atoms. The number of rotatable bonds is 11. The predicted molar refractivity (Wildman–Crippen MR) is 128 cm³/mol. The highest BCUT2D eigenvalue weighted by atomic mass is 35.5. The lowest BCUT2D eigenvalue weighted by atomic mass is 10.1. The number of benzene rings is 1. The van der Waals surface area contributed by atoms with E-state index in [9.17, 15) is 18.3 Å². The topological polar surface area (TPSA) is 93.1 Å². The summed E-state index contributed by atoms with van der Waals surface area (Å²) >= 11 is 12.4. The molecule has 0 bridgehead atoms. The van der Waals surface area contributed by atoms with Crippen molar-refractivity contribution in [1.82, 2.24) is 4.31 Å². The van der Waals surface area contributed by atoms with Crippen LogP contribution in [0.1, 0.15) is 33.6 Å². The van der Waals surface area contributed by atoms with Crippen molar-refractivity contribution in [3.63, 3.8) is 0 Å². The van der Waals surface area contributed by atoms with Crippen molar-refractivity contribution < 1.29 is 27.8 Å². The van der Waals surface area contributed by atoms with Gasteiger partial charge in [-0.2, -0.15) is 12.7 Å². The number of hydrogen-bond acceptors (Lipinski definition) is 6. The first-order valence-electron chi connectivity index (χ1n) is 9.92. The van der Waals surface area contributed by atoms with E-state index in [4.69, 9.17) is 32.7 Å². The Morgan fingerprint density at radius 3 is 2.16 bits per heavy atom. The second-order valence-corrected chi connectivity index (χ2v) is 11.6. The number of ether oxygens (including phenoxy) is 2. The van der Waals surface area contributed by atoms with Gasteiger partial charge in [0.2, 0.25) is 0 Å². The maximum atomic E-state index is 13.0. The maximum Gasteiger partial charge on any atom is 0.421 e. The van der Waals surface area contributed by atoms with E-state index in [1.165, 1.54) is 26.8 Å². The molecule has 1 N–H and O–H groups in total. The van der Waals surface area contributed by atoms with Crippen LogP contribution in [0.5, 0.6) is 11.5 Å². The number of carbonyl (C=O) groups is 1. The van der Waals surface area contributed by atoms with Crippen molar-refractivity contribution in [2.24, 2.45) is 0 Å². The molecule has 0 aliphatic heterocycles. The van der Waals surface area contributed by atoms with Gasteiger partial charge in [-0.3, -0.25) is 0 Å². The third-order valence-corrected chi connectivity index (χ3v) is 8.33. The van der Waals surface area contributed by atoms with Crippen molar-refractivity contribution in [2.45, 2.75) is 43.4 Å². The van der Waals surface area contributed by atoms with Crippen LogP contribution in [0.3, 0.4) is 0 Å². The number of sulfonamides is 1. The monoisotopic (exact) mass is 523 g/mol. The Labute approximate surface area is 202 Å². The Kier molecular flexibility index (Phi) is 9.51. The summed E-state index contributed by atoms with van der Waals surface area (Å²) in [5, 5.41) is 9.49. The second-order valence-electron chi connectivity index (χ2n) is 7.79. The van der Waals surface area contributed by atoms with E-state index in [1.807, 2.05) is 0 Å². The Morgan fingerprint density at radius 1 is 1.03 bits per heavy atom. The molecular formula is C21H27Cl2NO6S2. The van der Waals surface area contributed by atoms with E-state index in [1.54, 1.807) is 24.3 Å². The first-order chi connectivity index (χ1) is 15.0. The number of carboxylic acid groups (broad SMARTS) is 1. The molecule has 7 nitrogen and oxygen atoms in total. The largest absolute Gasteiger partial charge is 0.490 e. The molecule has 0 fully saturated rings. The number of amides is 1. The van der Waals surface area contributed by atoms with Gasteiger partial charge >= 0.3 is 6.09 Å². The summed E-state index contributed by atoms with van der Waals surface area (Å²) in [5.74, 6) is 2.02. The zero-order valence-electron chi connectivity index (χ0n) is 18.1. The van der Waals surface area contributed by atoms with Crippen molar-refractivity contribution in [3.8, 4) is 21.9 Å². The van der Waals surface area contributed by atoms with Crippen LogP contribution < -0.4 is 9.47 Å². The fourth-order valence-corrected chi connectivity index (χ4v) is 6.03. The fourth-order valence-electron chi connectivity index (χ4n) is 2.82. The molecule has 0 atom stereocenters. The minimum Gasteiger partial charge on any atom is -0.490 e. The quantitative estimate of drug-likeness (QED) is 0.291. The average molecular weight is 524 g/mol. The van der Waals surface area contributed by atoms with Crippen LogP contribution in [0.25, 0.3) is 10.4 Å². The van der Waals surface area contributed by atoms with E-state index in [-0.39, 0.29) is 4.21 Å². The lowest BCUT2D eigenvalue weighted by molar-refractivity contribution is 0.146. The van der Waals surface area contributed by atoms with Gasteiger partial charge in [-0.1, -0.05) is 0 Å². The van der Waals surface area contributed by atoms with Gasteiger partial charge in [0.25, 0.3) is 10.0 Å². The van der Waals surface area contributed by atoms with Crippen LogP contribution in [0.4, 0.5) is 4.79 Å². The summed E-state index contributed by atoms with van der Waals surface area (Å²) in [5.41, 5.74) is -0.403. The van der Waals surface area contributed by atoms with Crippen LogP contribution in [0.15, 0.2) is 34.5 Å². The van der Waals surface area contributed by atoms with E-state index in [0.717, 1.165) is 16.9 Å². The minimum absolute atomic E-state index is 0.0585. The summed E-state index contributed by atoms with van der Waals surface area (Å²) in [4.78, 5) is 12.3. The summed E-state index contributed by atoms with van der Waals surface area (Å²) in [6, 6.07) is 8.38. The maximum absolute atomic E-state index is 13.0. The summed E-state index contributed by atoms with van der Waals surface area (Å²) in [7, 11) is -4.23. The fraction of sp³-hybridized carbons (Fsp3) is 0.476. The molecule has 1 amide bonds. The van der Waals surface area contributed by atoms with Crippen molar-refractivity contribution in [1.29, 1.82) is 0 Å². The van der Waals surface area contributed by atoms with Gasteiger partial charge < -0.3 is 14.6 Å². The lowest BCUT2D eigenvalue weighted by Crippen LogP contribution is -2.48. The third-order valence-electron chi connectivity index (χ3n) is 4.16. The van der Waals surface area contributed by atoms with Gasteiger partial charge in [-0.05, 0) is 69.5 Å². The number of hydrogen-bond donors (Lipinski definition) is 1. The molecule has 1 aromatic carbocycles. The number of thiophene rings is 1. The second kappa shape index (κ2) is 11.4. The van der Waals surface area contributed by atoms with E-state index in [2.05, 4.69) is 0 Å². The molecular weight excluding hydrogens is 497 g/mol. The normalized spacial score (nSPS) is 11.9. The highest BCUT2D eigenvalue weighted by molar-refractivity contribution is 7.91. The zero-order valence-corrected chi connectivity index (χ0v) is 21.3. The SMILES string of the molecule is CC(C)(C)N(C(=O)O)S(=O)(=O)c1ccc(-c2ccc(OCCCCl)c(OCCCCl)c2)s1. The number of halogens is 2. The highest BCUT2D eigenvalue weighted by Crippen LogP contribution is 2.38. The van der Waals surface area contributed by atoms with Crippen LogP contribution in [0, 0.1) is 0 Å². The Bertz CT molecular complexity index is 1020. The van der Waals surface area contributed by atoms with Crippen LogP contribution in [-0.2, 0) is 10.0 Å².